The number of para-hydroxylation sites is 1. The number of carboxylic acid groups (broad SMARTS) is 1. The molecule has 0 amide bonds. The largest absolute Gasteiger partial charge is 0.488 e. The fraction of sp³-hybridized carbons (Fsp3) is 0.276. The van der Waals surface area contributed by atoms with E-state index in [1.165, 1.54) is 12.8 Å². The number of hydrogen-bond donors (Lipinski definition) is 2. The Kier molecular flexibility index (Phi) is 6.57. The zero-order valence-corrected chi connectivity index (χ0v) is 19.9. The Morgan fingerprint density at radius 1 is 1.06 bits per heavy atom. The van der Waals surface area contributed by atoms with E-state index < -0.39 is 5.97 Å². The molecule has 180 valence electrons. The van der Waals surface area contributed by atoms with Crippen molar-refractivity contribution in [2.75, 3.05) is 7.05 Å². The summed E-state index contributed by atoms with van der Waals surface area (Å²) in [7, 11) is 2.16. The van der Waals surface area contributed by atoms with Crippen LogP contribution in [0.15, 0.2) is 71.3 Å². The number of rotatable bonds is 10. The normalized spacial score (nSPS) is 13.5. The molecule has 5 rings (SSSR count). The average Bonchev–Trinajstić information content (AvgIpc) is 3.64. The number of nitrogens with two attached hydrogens (primary N) is 1. The van der Waals surface area contributed by atoms with Gasteiger partial charge in [-0.15, -0.1) is 0 Å². The monoisotopic (exact) mass is 470 g/mol. The molecule has 0 spiro atoms. The number of hydrogen-bond acceptors (Lipinski definition) is 5. The van der Waals surface area contributed by atoms with Crippen molar-refractivity contribution in [1.82, 2.24) is 4.90 Å². The third-order valence-electron chi connectivity index (χ3n) is 6.61. The molecule has 0 aliphatic heterocycles. The SMILES string of the molecule is CN(Cc1cc(-c2cccc(CN)c2)cc2c(COc3ccccc3CC(=O)O)coc12)C1CC1. The molecule has 0 bridgehead atoms. The topological polar surface area (TPSA) is 88.9 Å². The number of benzene rings is 3. The van der Waals surface area contributed by atoms with Gasteiger partial charge in [0.2, 0.25) is 0 Å². The predicted octanol–water partition coefficient (Wildman–Crippen LogP) is 5.36. The van der Waals surface area contributed by atoms with Gasteiger partial charge in [-0.2, -0.15) is 0 Å². The van der Waals surface area contributed by atoms with Crippen LogP contribution >= 0.6 is 0 Å². The molecule has 0 atom stereocenters. The Hall–Kier alpha value is -3.61. The number of nitrogens with zero attached hydrogens (tertiary/aromatic N) is 1. The minimum absolute atomic E-state index is 0.0818. The minimum atomic E-state index is -0.886. The van der Waals surface area contributed by atoms with Crippen molar-refractivity contribution in [1.29, 1.82) is 0 Å². The molecule has 3 aromatic carbocycles. The number of aliphatic carboxylic acids is 1. The van der Waals surface area contributed by atoms with Gasteiger partial charge in [0.05, 0.1) is 12.7 Å². The Morgan fingerprint density at radius 2 is 1.89 bits per heavy atom. The highest BCUT2D eigenvalue weighted by Crippen LogP contribution is 2.35. The van der Waals surface area contributed by atoms with Gasteiger partial charge in [-0.25, -0.2) is 0 Å². The molecule has 1 saturated carbocycles. The van der Waals surface area contributed by atoms with Gasteiger partial charge in [-0.1, -0.05) is 36.4 Å². The quantitative estimate of drug-likeness (QED) is 0.324. The van der Waals surface area contributed by atoms with Crippen LogP contribution in [0, 0.1) is 0 Å². The van der Waals surface area contributed by atoms with Gasteiger partial charge in [-0.3, -0.25) is 9.69 Å². The van der Waals surface area contributed by atoms with Gasteiger partial charge in [0.15, 0.2) is 0 Å². The standard InChI is InChI=1S/C29H30N2O4/c1-31(25-9-10-25)16-23-12-22(20-7-4-5-19(11-20)15-30)13-26-24(18-35-29(23)26)17-34-27-8-3-2-6-21(27)14-28(32)33/h2-8,11-13,18,25H,9-10,14-17,30H2,1H3,(H,32,33). The van der Waals surface area contributed by atoms with Gasteiger partial charge in [0, 0.05) is 41.2 Å². The summed E-state index contributed by atoms with van der Waals surface area (Å²) in [4.78, 5) is 13.6. The minimum Gasteiger partial charge on any atom is -0.488 e. The molecule has 1 aromatic heterocycles. The zero-order valence-electron chi connectivity index (χ0n) is 19.9. The van der Waals surface area contributed by atoms with Crippen LogP contribution in [0.5, 0.6) is 5.75 Å². The van der Waals surface area contributed by atoms with Crippen LogP contribution in [-0.2, 0) is 30.9 Å². The first kappa shape index (κ1) is 23.1. The lowest BCUT2D eigenvalue weighted by Gasteiger charge is -2.17. The summed E-state index contributed by atoms with van der Waals surface area (Å²) in [6, 6.07) is 20.6. The molecule has 1 fully saturated rings. The summed E-state index contributed by atoms with van der Waals surface area (Å²) in [5.41, 5.74) is 12.8. The number of fused-ring (bicyclic) bond motifs is 1. The number of furan rings is 1. The molecule has 1 aliphatic rings. The van der Waals surface area contributed by atoms with Crippen LogP contribution in [0.4, 0.5) is 0 Å². The highest BCUT2D eigenvalue weighted by Gasteiger charge is 2.27. The van der Waals surface area contributed by atoms with Crippen molar-refractivity contribution >= 4 is 16.9 Å². The summed E-state index contributed by atoms with van der Waals surface area (Å²) < 4.78 is 12.2. The summed E-state index contributed by atoms with van der Waals surface area (Å²) in [5.74, 6) is -0.312. The van der Waals surface area contributed by atoms with E-state index >= 15 is 0 Å². The maximum atomic E-state index is 11.2. The Morgan fingerprint density at radius 3 is 2.66 bits per heavy atom. The molecule has 3 N–H and O–H groups in total. The molecule has 0 saturated heterocycles. The van der Waals surface area contributed by atoms with Crippen LogP contribution in [-0.4, -0.2) is 29.1 Å². The summed E-state index contributed by atoms with van der Waals surface area (Å²) in [5, 5.41) is 10.2. The lowest BCUT2D eigenvalue weighted by Crippen LogP contribution is -2.20. The number of carbonyl (C=O) groups is 1. The van der Waals surface area contributed by atoms with Crippen molar-refractivity contribution in [3.8, 4) is 16.9 Å². The van der Waals surface area contributed by atoms with E-state index in [2.05, 4.69) is 36.2 Å². The van der Waals surface area contributed by atoms with Crippen LogP contribution in [0.1, 0.15) is 35.1 Å². The maximum absolute atomic E-state index is 11.2. The second-order valence-corrected chi connectivity index (χ2v) is 9.29. The van der Waals surface area contributed by atoms with Crippen molar-refractivity contribution in [3.05, 3.63) is 89.2 Å². The second kappa shape index (κ2) is 9.94. The molecular formula is C29H30N2O4. The van der Waals surface area contributed by atoms with Crippen LogP contribution in [0.25, 0.3) is 22.1 Å². The molecule has 4 aromatic rings. The highest BCUT2D eigenvalue weighted by molar-refractivity contribution is 5.89. The Balaban J connectivity index is 1.51. The predicted molar refractivity (Wildman–Crippen MR) is 136 cm³/mol. The maximum Gasteiger partial charge on any atom is 0.307 e. The van der Waals surface area contributed by atoms with Crippen LogP contribution in [0.2, 0.25) is 0 Å². The second-order valence-electron chi connectivity index (χ2n) is 9.29. The Labute approximate surface area is 204 Å². The number of ether oxygens (including phenoxy) is 1. The fourth-order valence-corrected chi connectivity index (χ4v) is 4.56. The molecule has 0 radical (unpaired) electrons. The first-order valence-corrected chi connectivity index (χ1v) is 12.0. The smallest absolute Gasteiger partial charge is 0.307 e. The van der Waals surface area contributed by atoms with E-state index in [9.17, 15) is 9.90 Å². The van der Waals surface area contributed by atoms with Crippen molar-refractivity contribution in [3.63, 3.8) is 0 Å². The molecule has 0 unspecified atom stereocenters. The van der Waals surface area contributed by atoms with Gasteiger partial charge < -0.3 is 20.0 Å². The van der Waals surface area contributed by atoms with Crippen LogP contribution < -0.4 is 10.5 Å². The summed E-state index contributed by atoms with van der Waals surface area (Å²) >= 11 is 0. The van der Waals surface area contributed by atoms with E-state index in [1.807, 2.05) is 24.3 Å². The molecular weight excluding hydrogens is 440 g/mol. The molecule has 6 nitrogen and oxygen atoms in total. The van der Waals surface area contributed by atoms with Gasteiger partial charge in [0.1, 0.15) is 17.9 Å². The molecule has 1 aliphatic carbocycles. The van der Waals surface area contributed by atoms with Crippen molar-refractivity contribution in [2.45, 2.75) is 45.0 Å². The van der Waals surface area contributed by atoms with E-state index in [0.717, 1.165) is 45.3 Å². The van der Waals surface area contributed by atoms with Crippen LogP contribution in [0.3, 0.4) is 0 Å². The Bertz CT molecular complexity index is 1360. The highest BCUT2D eigenvalue weighted by atomic mass is 16.5. The van der Waals surface area contributed by atoms with E-state index in [4.69, 9.17) is 14.9 Å². The van der Waals surface area contributed by atoms with Gasteiger partial charge in [0.25, 0.3) is 0 Å². The lowest BCUT2D eigenvalue weighted by molar-refractivity contribution is -0.136. The van der Waals surface area contributed by atoms with Crippen molar-refractivity contribution < 1.29 is 19.1 Å². The fourth-order valence-electron chi connectivity index (χ4n) is 4.56. The molecule has 6 heteroatoms. The summed E-state index contributed by atoms with van der Waals surface area (Å²) in [6.07, 6.45) is 4.16. The summed E-state index contributed by atoms with van der Waals surface area (Å²) in [6.45, 7) is 1.59. The first-order chi connectivity index (χ1) is 17.0. The van der Waals surface area contributed by atoms with Gasteiger partial charge in [-0.05, 0) is 60.8 Å². The van der Waals surface area contributed by atoms with E-state index in [-0.39, 0.29) is 13.0 Å². The average molecular weight is 471 g/mol. The zero-order chi connectivity index (χ0) is 24.4. The third kappa shape index (κ3) is 5.24. The van der Waals surface area contributed by atoms with Gasteiger partial charge >= 0.3 is 5.97 Å². The number of carboxylic acids is 1. The van der Waals surface area contributed by atoms with Crippen molar-refractivity contribution in [2.24, 2.45) is 5.73 Å². The van der Waals surface area contributed by atoms with E-state index in [1.54, 1.807) is 18.4 Å². The lowest BCUT2D eigenvalue weighted by atomic mass is 9.97. The van der Waals surface area contributed by atoms with E-state index in [0.29, 0.717) is 23.9 Å². The molecule has 35 heavy (non-hydrogen) atoms. The first-order valence-electron chi connectivity index (χ1n) is 12.0. The third-order valence-corrected chi connectivity index (χ3v) is 6.61. The molecule has 1 heterocycles.